The number of aliphatic imine (C=N–C) groups is 1. The Morgan fingerprint density at radius 2 is 1.95 bits per heavy atom. The van der Waals surface area contributed by atoms with Crippen molar-refractivity contribution in [2.45, 2.75) is 20.8 Å². The van der Waals surface area contributed by atoms with Gasteiger partial charge in [-0.05, 0) is 25.0 Å². The third-order valence-corrected chi connectivity index (χ3v) is 2.32. The zero-order chi connectivity index (χ0) is 13.4. The molecule has 1 aromatic rings. The number of aryl methyl sites for hydroxylation is 1. The maximum absolute atomic E-state index is 5.70. The molecule has 0 aliphatic carbocycles. The van der Waals surface area contributed by atoms with Crippen molar-refractivity contribution in [3.63, 3.8) is 0 Å². The molecule has 1 rings (SSSR count). The van der Waals surface area contributed by atoms with Gasteiger partial charge in [-0.3, -0.25) is 4.99 Å². The monoisotopic (exact) mass is 377 g/mol. The van der Waals surface area contributed by atoms with E-state index >= 15 is 0 Å². The summed E-state index contributed by atoms with van der Waals surface area (Å²) in [5.41, 5.74) is 6.93. The molecule has 0 spiro atoms. The molecule has 0 atom stereocenters. The van der Waals surface area contributed by atoms with Crippen LogP contribution in [-0.2, 0) is 0 Å². The standard InChI is InChI=1S/C14H23N3O.HI/c1-11(2)10-17-14(15)16-8-9-18-13-6-4-12(3)5-7-13;/h4-7,11H,8-10H2,1-3H3,(H3,15,16,17);1H. The van der Waals surface area contributed by atoms with Crippen LogP contribution in [0.4, 0.5) is 0 Å². The van der Waals surface area contributed by atoms with Crippen molar-refractivity contribution in [2.75, 3.05) is 19.7 Å². The normalized spacial score (nSPS) is 11.1. The summed E-state index contributed by atoms with van der Waals surface area (Å²) < 4.78 is 5.56. The highest BCUT2D eigenvalue weighted by Crippen LogP contribution is 2.10. The third-order valence-electron chi connectivity index (χ3n) is 2.32. The first-order valence-electron chi connectivity index (χ1n) is 6.31. The molecule has 0 aromatic heterocycles. The van der Waals surface area contributed by atoms with Gasteiger partial charge in [0.25, 0.3) is 0 Å². The van der Waals surface area contributed by atoms with Crippen LogP contribution in [-0.4, -0.2) is 25.7 Å². The maximum Gasteiger partial charge on any atom is 0.188 e. The number of hydrogen-bond acceptors (Lipinski definition) is 2. The largest absolute Gasteiger partial charge is 0.492 e. The van der Waals surface area contributed by atoms with Gasteiger partial charge in [0.1, 0.15) is 12.4 Å². The lowest BCUT2D eigenvalue weighted by atomic mass is 10.2. The molecule has 0 aliphatic heterocycles. The predicted molar refractivity (Wildman–Crippen MR) is 91.4 cm³/mol. The van der Waals surface area contributed by atoms with Gasteiger partial charge >= 0.3 is 0 Å². The lowest BCUT2D eigenvalue weighted by Crippen LogP contribution is -2.35. The molecule has 0 saturated heterocycles. The van der Waals surface area contributed by atoms with Gasteiger partial charge in [-0.25, -0.2) is 0 Å². The fourth-order valence-corrected chi connectivity index (χ4v) is 1.32. The highest BCUT2D eigenvalue weighted by molar-refractivity contribution is 14.0. The Bertz CT molecular complexity index is 377. The van der Waals surface area contributed by atoms with Gasteiger partial charge in [0.05, 0.1) is 6.54 Å². The Balaban J connectivity index is 0.00000324. The molecule has 0 fully saturated rings. The van der Waals surface area contributed by atoms with E-state index in [9.17, 15) is 0 Å². The first-order valence-corrected chi connectivity index (χ1v) is 6.31. The second kappa shape index (κ2) is 9.89. The molecule has 0 unspecified atom stereocenters. The molecule has 4 nitrogen and oxygen atoms in total. The van der Waals surface area contributed by atoms with Crippen molar-refractivity contribution in [2.24, 2.45) is 16.6 Å². The quantitative estimate of drug-likeness (QED) is 0.347. The summed E-state index contributed by atoms with van der Waals surface area (Å²) in [6, 6.07) is 7.99. The van der Waals surface area contributed by atoms with Crippen LogP contribution in [0.3, 0.4) is 0 Å². The summed E-state index contributed by atoms with van der Waals surface area (Å²) in [6.45, 7) is 8.24. The second-order valence-corrected chi connectivity index (χ2v) is 4.71. The minimum Gasteiger partial charge on any atom is -0.492 e. The molecule has 19 heavy (non-hydrogen) atoms. The van der Waals surface area contributed by atoms with Crippen LogP contribution in [0.25, 0.3) is 0 Å². The summed E-state index contributed by atoms with van der Waals surface area (Å²) in [5, 5.41) is 3.02. The first-order chi connectivity index (χ1) is 8.58. The number of rotatable bonds is 6. The fourth-order valence-electron chi connectivity index (χ4n) is 1.32. The number of guanidine groups is 1. The highest BCUT2D eigenvalue weighted by atomic mass is 127. The van der Waals surface area contributed by atoms with E-state index in [2.05, 4.69) is 31.1 Å². The van der Waals surface area contributed by atoms with Crippen LogP contribution in [0, 0.1) is 12.8 Å². The molecule has 0 aliphatic rings. The molecule has 108 valence electrons. The molecular weight excluding hydrogens is 353 g/mol. The van der Waals surface area contributed by atoms with Crippen molar-refractivity contribution >= 4 is 29.9 Å². The average molecular weight is 377 g/mol. The van der Waals surface area contributed by atoms with E-state index in [1.807, 2.05) is 24.3 Å². The molecule has 0 amide bonds. The second-order valence-electron chi connectivity index (χ2n) is 4.71. The zero-order valence-corrected chi connectivity index (χ0v) is 14.2. The van der Waals surface area contributed by atoms with E-state index < -0.39 is 0 Å². The number of benzene rings is 1. The molecule has 3 N–H and O–H groups in total. The van der Waals surface area contributed by atoms with E-state index in [0.717, 1.165) is 12.3 Å². The van der Waals surface area contributed by atoms with Crippen LogP contribution in [0.2, 0.25) is 0 Å². The van der Waals surface area contributed by atoms with E-state index in [1.165, 1.54) is 5.56 Å². The van der Waals surface area contributed by atoms with Crippen LogP contribution < -0.4 is 15.8 Å². The van der Waals surface area contributed by atoms with Crippen LogP contribution >= 0.6 is 24.0 Å². The Morgan fingerprint density at radius 3 is 2.53 bits per heavy atom. The Kier molecular flexibility index (Phi) is 9.38. The van der Waals surface area contributed by atoms with E-state index in [1.54, 1.807) is 0 Å². The van der Waals surface area contributed by atoms with Gasteiger partial charge < -0.3 is 15.8 Å². The van der Waals surface area contributed by atoms with Gasteiger partial charge in [-0.2, -0.15) is 0 Å². The van der Waals surface area contributed by atoms with Crippen molar-refractivity contribution in [3.05, 3.63) is 29.8 Å². The minimum atomic E-state index is 0. The molecular formula is C14H24IN3O. The van der Waals surface area contributed by atoms with E-state index in [0.29, 0.717) is 25.0 Å². The third kappa shape index (κ3) is 8.69. The van der Waals surface area contributed by atoms with Crippen molar-refractivity contribution in [3.8, 4) is 5.75 Å². The predicted octanol–water partition coefficient (Wildman–Crippen LogP) is 2.55. The van der Waals surface area contributed by atoms with E-state index in [4.69, 9.17) is 10.5 Å². The number of hydrogen-bond donors (Lipinski definition) is 2. The van der Waals surface area contributed by atoms with Crippen molar-refractivity contribution < 1.29 is 4.74 Å². The number of nitrogens with two attached hydrogens (primary N) is 1. The summed E-state index contributed by atoms with van der Waals surface area (Å²) in [4.78, 5) is 4.21. The molecule has 1 aromatic carbocycles. The summed E-state index contributed by atoms with van der Waals surface area (Å²) >= 11 is 0. The fraction of sp³-hybridized carbons (Fsp3) is 0.500. The minimum absolute atomic E-state index is 0. The van der Waals surface area contributed by atoms with Gasteiger partial charge in [-0.15, -0.1) is 24.0 Å². The van der Waals surface area contributed by atoms with E-state index in [-0.39, 0.29) is 24.0 Å². The molecule has 0 saturated carbocycles. The average Bonchev–Trinajstić information content (AvgIpc) is 2.34. The molecule has 0 heterocycles. The topological polar surface area (TPSA) is 59.6 Å². The molecule has 0 radical (unpaired) electrons. The number of halogens is 1. The summed E-state index contributed by atoms with van der Waals surface area (Å²) in [5.74, 6) is 1.88. The SMILES string of the molecule is Cc1ccc(OCCNC(N)=NCC(C)C)cc1.I. The zero-order valence-electron chi connectivity index (χ0n) is 11.8. The van der Waals surface area contributed by atoms with Crippen molar-refractivity contribution in [1.29, 1.82) is 0 Å². The Hall–Kier alpha value is -0.980. The number of nitrogens with zero attached hydrogens (tertiary/aromatic N) is 1. The maximum atomic E-state index is 5.70. The lowest BCUT2D eigenvalue weighted by Gasteiger charge is -2.08. The van der Waals surface area contributed by atoms with Crippen LogP contribution in [0.1, 0.15) is 19.4 Å². The first kappa shape index (κ1) is 18.0. The lowest BCUT2D eigenvalue weighted by molar-refractivity contribution is 0.322. The van der Waals surface area contributed by atoms with Gasteiger partial charge in [0.2, 0.25) is 0 Å². The van der Waals surface area contributed by atoms with Crippen molar-refractivity contribution in [1.82, 2.24) is 5.32 Å². The van der Waals surface area contributed by atoms with Crippen LogP contribution in [0.5, 0.6) is 5.75 Å². The molecule has 0 bridgehead atoms. The van der Waals surface area contributed by atoms with Gasteiger partial charge in [0, 0.05) is 6.54 Å². The highest BCUT2D eigenvalue weighted by Gasteiger charge is 1.95. The number of ether oxygens (including phenoxy) is 1. The van der Waals surface area contributed by atoms with Gasteiger partial charge in [0.15, 0.2) is 5.96 Å². The smallest absolute Gasteiger partial charge is 0.188 e. The summed E-state index contributed by atoms with van der Waals surface area (Å²) in [7, 11) is 0. The summed E-state index contributed by atoms with van der Waals surface area (Å²) in [6.07, 6.45) is 0. The van der Waals surface area contributed by atoms with Gasteiger partial charge in [-0.1, -0.05) is 31.5 Å². The Morgan fingerprint density at radius 1 is 1.32 bits per heavy atom. The number of nitrogens with one attached hydrogen (secondary N) is 1. The van der Waals surface area contributed by atoms with Crippen LogP contribution in [0.15, 0.2) is 29.3 Å². The molecule has 5 heteroatoms. The Labute approximate surface area is 132 Å².